The molecule has 1 spiro atoms. The van der Waals surface area contributed by atoms with Crippen LogP contribution in [0.4, 0.5) is 14.6 Å². The molecule has 0 amide bonds. The third kappa shape index (κ3) is 6.17. The molecular formula is C35H42F2N4O2. The Morgan fingerprint density at radius 3 is 2.58 bits per heavy atom. The van der Waals surface area contributed by atoms with E-state index in [-0.39, 0.29) is 23.7 Å². The Hall–Kier alpha value is -3.39. The predicted octanol–water partition coefficient (Wildman–Crippen LogP) is 7.98. The average molecular weight is 589 g/mol. The van der Waals surface area contributed by atoms with Crippen LogP contribution in [0, 0.1) is 22.6 Å². The van der Waals surface area contributed by atoms with E-state index in [2.05, 4.69) is 36.2 Å². The third-order valence-electron chi connectivity index (χ3n) is 9.96. The highest BCUT2D eigenvalue weighted by Gasteiger charge is 2.48. The Morgan fingerprint density at radius 1 is 1.16 bits per heavy atom. The Bertz CT molecular complexity index is 1490. The maximum absolute atomic E-state index is 14.0. The van der Waals surface area contributed by atoms with Gasteiger partial charge in [-0.1, -0.05) is 45.2 Å². The summed E-state index contributed by atoms with van der Waals surface area (Å²) in [5, 5.41) is 14.2. The van der Waals surface area contributed by atoms with Gasteiger partial charge in [-0.25, -0.2) is 9.18 Å². The molecule has 2 heterocycles. The lowest BCUT2D eigenvalue weighted by Gasteiger charge is -2.45. The second kappa shape index (κ2) is 12.3. The molecule has 8 heteroatoms. The summed E-state index contributed by atoms with van der Waals surface area (Å²) in [5.41, 5.74) is 6.01. The van der Waals surface area contributed by atoms with Crippen LogP contribution in [0.1, 0.15) is 88.1 Å². The molecule has 2 saturated carbocycles. The van der Waals surface area contributed by atoms with E-state index in [0.717, 1.165) is 96.2 Å². The summed E-state index contributed by atoms with van der Waals surface area (Å²) in [4.78, 5) is 22.2. The highest BCUT2D eigenvalue weighted by Crippen LogP contribution is 2.53. The number of halogens is 2. The zero-order valence-electron chi connectivity index (χ0n) is 25.2. The molecule has 3 aromatic rings. The second-order valence-electron chi connectivity index (χ2n) is 13.5. The summed E-state index contributed by atoms with van der Waals surface area (Å²) in [7, 11) is 0. The van der Waals surface area contributed by atoms with Crippen LogP contribution in [0.2, 0.25) is 0 Å². The summed E-state index contributed by atoms with van der Waals surface area (Å²) in [6.45, 7) is 5.88. The number of hydrogen-bond acceptors (Lipinski definition) is 6. The smallest absolute Gasteiger partial charge is 0.362 e. The molecular weight excluding hydrogens is 546 g/mol. The number of nitrogens with zero attached hydrogens (tertiary/aromatic N) is 2. The molecule has 0 bridgehead atoms. The number of hydrogen-bond donors (Lipinski definition) is 2. The van der Waals surface area contributed by atoms with E-state index in [1.807, 2.05) is 17.0 Å². The molecule has 43 heavy (non-hydrogen) atoms. The van der Waals surface area contributed by atoms with Gasteiger partial charge in [0.15, 0.2) is 0 Å². The standard InChI is InChI=1S/C35H42F2N4O2/c1-22(2)34-33(24-8-10-26(36)11-9-24)29-15-25(19-38)30(39-27-6-4-3-5-7-27)16-28(29)31(40-34)14-23-17-35(18-23)12-13-41(21-35)20-32(42)43-37/h8-11,15-16,19,22-23,27,38-39H,3-7,12-14,17-18,20-21H2,1-2H3. The monoisotopic (exact) mass is 588 g/mol. The van der Waals surface area contributed by atoms with Gasteiger partial charge in [-0.2, -0.15) is 0 Å². The molecule has 0 unspecified atom stereocenters. The zero-order valence-corrected chi connectivity index (χ0v) is 25.2. The molecule has 1 aliphatic heterocycles. The van der Waals surface area contributed by atoms with E-state index in [0.29, 0.717) is 12.0 Å². The molecule has 1 saturated heterocycles. The van der Waals surface area contributed by atoms with Crippen molar-refractivity contribution in [2.75, 3.05) is 25.0 Å². The van der Waals surface area contributed by atoms with E-state index in [1.54, 1.807) is 0 Å². The summed E-state index contributed by atoms with van der Waals surface area (Å²) >= 11 is 0. The van der Waals surface area contributed by atoms with Gasteiger partial charge in [0, 0.05) is 51.2 Å². The van der Waals surface area contributed by atoms with Crippen LogP contribution in [0.15, 0.2) is 36.4 Å². The fourth-order valence-electron chi connectivity index (χ4n) is 7.95. The lowest BCUT2D eigenvalue weighted by Crippen LogP contribution is -2.41. The van der Waals surface area contributed by atoms with Crippen molar-refractivity contribution in [3.63, 3.8) is 0 Å². The number of carbonyl (C=O) groups is 1. The Morgan fingerprint density at radius 2 is 1.91 bits per heavy atom. The largest absolute Gasteiger partial charge is 0.382 e. The predicted molar refractivity (Wildman–Crippen MR) is 167 cm³/mol. The summed E-state index contributed by atoms with van der Waals surface area (Å²) < 4.78 is 26.3. The van der Waals surface area contributed by atoms with Crippen LogP contribution in [0.3, 0.4) is 0 Å². The van der Waals surface area contributed by atoms with Crippen LogP contribution in [0.25, 0.3) is 21.9 Å². The zero-order chi connectivity index (χ0) is 30.1. The van der Waals surface area contributed by atoms with Gasteiger partial charge < -0.3 is 10.7 Å². The maximum Gasteiger partial charge on any atom is 0.362 e. The lowest BCUT2D eigenvalue weighted by molar-refractivity contribution is -0.184. The van der Waals surface area contributed by atoms with E-state index in [1.165, 1.54) is 37.6 Å². The van der Waals surface area contributed by atoms with Crippen LogP contribution < -0.4 is 5.32 Å². The first-order valence-corrected chi connectivity index (χ1v) is 15.8. The minimum absolute atomic E-state index is 0.00380. The molecule has 2 N–H and O–H groups in total. The van der Waals surface area contributed by atoms with E-state index >= 15 is 0 Å². The van der Waals surface area contributed by atoms with Gasteiger partial charge in [-0.15, -0.1) is 0 Å². The molecule has 2 aromatic carbocycles. The van der Waals surface area contributed by atoms with Gasteiger partial charge in [-0.3, -0.25) is 14.8 Å². The molecule has 0 radical (unpaired) electrons. The minimum atomic E-state index is -0.826. The quantitative estimate of drug-likeness (QED) is 0.248. The number of aromatic nitrogens is 1. The number of nitrogens with one attached hydrogen (secondary N) is 2. The first-order valence-electron chi connectivity index (χ1n) is 15.8. The topological polar surface area (TPSA) is 78.3 Å². The van der Waals surface area contributed by atoms with E-state index in [9.17, 15) is 13.7 Å². The van der Waals surface area contributed by atoms with Gasteiger partial charge in [0.25, 0.3) is 0 Å². The van der Waals surface area contributed by atoms with Gasteiger partial charge >= 0.3 is 5.97 Å². The van der Waals surface area contributed by atoms with Gasteiger partial charge in [-0.05, 0) is 97.5 Å². The van der Waals surface area contributed by atoms with E-state index < -0.39 is 5.97 Å². The molecule has 3 fully saturated rings. The Balaban J connectivity index is 1.37. The highest BCUT2D eigenvalue weighted by atomic mass is 19.3. The van der Waals surface area contributed by atoms with Crippen molar-refractivity contribution < 1.29 is 18.7 Å². The SMILES string of the molecule is CC(C)c1nc(CC2CC3(CCN(CC(=O)OF)C3)C2)c2cc(NC3CCCCC3)c(C=N)cc2c1-c1ccc(F)cc1. The molecule has 6 rings (SSSR count). The fourth-order valence-corrected chi connectivity index (χ4v) is 7.95. The van der Waals surface area contributed by atoms with Crippen LogP contribution in [-0.4, -0.2) is 47.7 Å². The van der Waals surface area contributed by atoms with Crippen molar-refractivity contribution in [2.45, 2.75) is 83.6 Å². The number of rotatable bonds is 9. The molecule has 228 valence electrons. The molecule has 0 atom stereocenters. The number of carbonyl (C=O) groups excluding carboxylic acids is 1. The summed E-state index contributed by atoms with van der Waals surface area (Å²) in [5.74, 6) is -0.475. The second-order valence-corrected chi connectivity index (χ2v) is 13.5. The van der Waals surface area contributed by atoms with Gasteiger partial charge in [0.1, 0.15) is 12.4 Å². The Labute approximate surface area is 252 Å². The fraction of sp³-hybridized carbons (Fsp3) is 0.514. The first-order chi connectivity index (χ1) is 20.8. The van der Waals surface area contributed by atoms with Gasteiger partial charge in [0.05, 0.1) is 5.69 Å². The molecule has 1 aromatic heterocycles. The normalized spacial score (nSPS) is 22.7. The van der Waals surface area contributed by atoms with Crippen molar-refractivity contribution in [3.05, 3.63) is 59.2 Å². The summed E-state index contributed by atoms with van der Waals surface area (Å²) in [6.07, 6.45) is 11.4. The number of likely N-dealkylation sites (tertiary alicyclic amines) is 1. The first kappa shape index (κ1) is 29.7. The highest BCUT2D eigenvalue weighted by molar-refractivity contribution is 6.05. The lowest BCUT2D eigenvalue weighted by atomic mass is 9.60. The number of benzene rings is 2. The van der Waals surface area contributed by atoms with Gasteiger partial charge in [0.2, 0.25) is 0 Å². The van der Waals surface area contributed by atoms with Crippen LogP contribution in [-0.2, 0) is 16.2 Å². The Kier molecular flexibility index (Phi) is 8.49. The van der Waals surface area contributed by atoms with Crippen LogP contribution in [0.5, 0.6) is 0 Å². The molecule has 3 aliphatic rings. The number of pyridine rings is 1. The third-order valence-corrected chi connectivity index (χ3v) is 9.96. The van der Waals surface area contributed by atoms with Crippen LogP contribution >= 0.6 is 0 Å². The molecule has 6 nitrogen and oxygen atoms in total. The summed E-state index contributed by atoms with van der Waals surface area (Å²) in [6, 6.07) is 11.4. The van der Waals surface area contributed by atoms with E-state index in [4.69, 9.17) is 10.4 Å². The van der Waals surface area contributed by atoms with Crippen molar-refractivity contribution in [2.24, 2.45) is 11.3 Å². The van der Waals surface area contributed by atoms with Crippen molar-refractivity contribution in [1.82, 2.24) is 9.88 Å². The van der Waals surface area contributed by atoms with Crippen molar-refractivity contribution >= 4 is 28.6 Å². The number of anilines is 1. The molecule has 2 aliphatic carbocycles. The average Bonchev–Trinajstić information content (AvgIpc) is 3.41. The van der Waals surface area contributed by atoms with Crippen molar-refractivity contribution in [3.8, 4) is 11.1 Å². The minimum Gasteiger partial charge on any atom is -0.382 e. The van der Waals surface area contributed by atoms with Crippen molar-refractivity contribution in [1.29, 1.82) is 5.41 Å². The maximum atomic E-state index is 14.0. The number of fused-ring (bicyclic) bond motifs is 1.